The smallest absolute Gasteiger partial charge is 0.343 e. The molecule has 0 radical (unpaired) electrons. The maximum absolute atomic E-state index is 13.1. The van der Waals surface area contributed by atoms with E-state index in [2.05, 4.69) is 38.1 Å². The Hall–Kier alpha value is -4.79. The van der Waals surface area contributed by atoms with Crippen LogP contribution in [0.2, 0.25) is 0 Å². The number of ether oxygens (including phenoxy) is 5. The summed E-state index contributed by atoms with van der Waals surface area (Å²) >= 11 is 0. The monoisotopic (exact) mass is 829 g/mol. The number of aryl methyl sites for hydroxylation is 1. The second kappa shape index (κ2) is 23.4. The third-order valence-electron chi connectivity index (χ3n) is 12.8. The number of hydrogen-bond acceptors (Lipinski definition) is 8. The molecule has 6 rings (SSSR count). The number of hydrogen-bond donors (Lipinski definition) is 1. The fourth-order valence-corrected chi connectivity index (χ4v) is 8.53. The third-order valence-corrected chi connectivity index (χ3v) is 12.8. The Morgan fingerprint density at radius 2 is 1.43 bits per heavy atom. The van der Waals surface area contributed by atoms with Gasteiger partial charge in [0.15, 0.2) is 0 Å². The zero-order chi connectivity index (χ0) is 42.9. The number of carbonyl (C=O) groups excluding carboxylic acids is 2. The molecule has 1 heterocycles. The number of nitrogens with one attached hydrogen (secondary N) is 1. The van der Waals surface area contributed by atoms with E-state index in [1.165, 1.54) is 56.9 Å². The van der Waals surface area contributed by atoms with Crippen LogP contribution in [-0.2, 0) is 20.6 Å². The first-order valence-corrected chi connectivity index (χ1v) is 22.9. The van der Waals surface area contributed by atoms with Crippen molar-refractivity contribution in [3.8, 4) is 22.6 Å². The quantitative estimate of drug-likeness (QED) is 0.0324. The minimum absolute atomic E-state index is 0.179. The minimum atomic E-state index is -0.509. The lowest BCUT2D eigenvalue weighted by atomic mass is 9.77. The van der Waals surface area contributed by atoms with Crippen molar-refractivity contribution in [2.75, 3.05) is 39.6 Å². The van der Waals surface area contributed by atoms with Gasteiger partial charge in [-0.1, -0.05) is 88.4 Å². The molecule has 0 atom stereocenters. The molecule has 0 bridgehead atoms. The van der Waals surface area contributed by atoms with Gasteiger partial charge >= 0.3 is 11.9 Å². The van der Waals surface area contributed by atoms with Crippen molar-refractivity contribution in [1.82, 2.24) is 0 Å². The summed E-state index contributed by atoms with van der Waals surface area (Å²) in [6, 6.07) is 27.1. The normalized spacial score (nSPS) is 17.0. The molecule has 0 aromatic heterocycles. The molecule has 2 aliphatic rings. The molecule has 0 amide bonds. The van der Waals surface area contributed by atoms with Crippen LogP contribution in [0, 0.1) is 23.7 Å². The summed E-state index contributed by atoms with van der Waals surface area (Å²) in [6.07, 6.45) is 17.6. The maximum atomic E-state index is 13.1. The maximum Gasteiger partial charge on any atom is 0.343 e. The zero-order valence-electron chi connectivity index (χ0n) is 36.8. The molecule has 326 valence electrons. The first kappa shape index (κ1) is 45.7. The fraction of sp³-hybridized carbons (Fsp3) is 0.491. The van der Waals surface area contributed by atoms with E-state index in [9.17, 15) is 9.59 Å². The van der Waals surface area contributed by atoms with Gasteiger partial charge in [0.1, 0.15) is 11.5 Å². The summed E-state index contributed by atoms with van der Waals surface area (Å²) in [5, 5.41) is 7.96. The van der Waals surface area contributed by atoms with E-state index < -0.39 is 5.97 Å². The highest BCUT2D eigenvalue weighted by atomic mass is 16.5. The molecule has 4 aromatic carbocycles. The fourth-order valence-electron chi connectivity index (χ4n) is 8.53. The lowest BCUT2D eigenvalue weighted by Crippen LogP contribution is -2.45. The molecular formula is C53H67NO7. The molecule has 0 spiro atoms. The van der Waals surface area contributed by atoms with Crippen LogP contribution >= 0.6 is 0 Å². The van der Waals surface area contributed by atoms with Crippen molar-refractivity contribution in [3.05, 3.63) is 118 Å². The van der Waals surface area contributed by atoms with E-state index in [0.29, 0.717) is 41.4 Å². The van der Waals surface area contributed by atoms with Gasteiger partial charge in [0.2, 0.25) is 0 Å². The Labute approximate surface area is 364 Å². The summed E-state index contributed by atoms with van der Waals surface area (Å²) in [5.41, 5.74) is 6.98. The van der Waals surface area contributed by atoms with Gasteiger partial charge in [-0.3, -0.25) is 0 Å². The summed E-state index contributed by atoms with van der Waals surface area (Å²) in [4.78, 5) is 26.0. The molecule has 1 saturated heterocycles. The van der Waals surface area contributed by atoms with Crippen molar-refractivity contribution >= 4 is 18.2 Å². The molecule has 1 saturated carbocycles. The Morgan fingerprint density at radius 3 is 2.08 bits per heavy atom. The van der Waals surface area contributed by atoms with E-state index in [1.54, 1.807) is 24.3 Å². The molecule has 2 fully saturated rings. The van der Waals surface area contributed by atoms with Crippen LogP contribution in [0.1, 0.15) is 146 Å². The Bertz CT molecular complexity index is 1990. The molecule has 8 nitrogen and oxygen atoms in total. The highest BCUT2D eigenvalue weighted by Gasteiger charge is 2.36. The van der Waals surface area contributed by atoms with Gasteiger partial charge in [0.25, 0.3) is 0 Å². The van der Waals surface area contributed by atoms with Crippen LogP contribution in [0.15, 0.2) is 84.9 Å². The highest BCUT2D eigenvalue weighted by Crippen LogP contribution is 2.38. The molecule has 8 heteroatoms. The lowest BCUT2D eigenvalue weighted by molar-refractivity contribution is -0.150. The van der Waals surface area contributed by atoms with Gasteiger partial charge in [-0.2, -0.15) is 0 Å². The van der Waals surface area contributed by atoms with E-state index in [1.807, 2.05) is 43.3 Å². The molecule has 1 aliphatic heterocycles. The first-order valence-electron chi connectivity index (χ1n) is 22.9. The number of carbonyl (C=O) groups is 2. The summed E-state index contributed by atoms with van der Waals surface area (Å²) < 4.78 is 28.6. The molecule has 1 N–H and O–H groups in total. The van der Waals surface area contributed by atoms with E-state index in [4.69, 9.17) is 29.1 Å². The van der Waals surface area contributed by atoms with E-state index in [-0.39, 0.29) is 18.0 Å². The minimum Gasteiger partial charge on any atom is -0.493 e. The van der Waals surface area contributed by atoms with Crippen molar-refractivity contribution < 1.29 is 33.3 Å². The average molecular weight is 830 g/mol. The van der Waals surface area contributed by atoms with Crippen LogP contribution in [-0.4, -0.2) is 57.8 Å². The van der Waals surface area contributed by atoms with Crippen molar-refractivity contribution in [2.24, 2.45) is 11.3 Å². The van der Waals surface area contributed by atoms with Gasteiger partial charge in [0, 0.05) is 30.2 Å². The summed E-state index contributed by atoms with van der Waals surface area (Å²) in [5.74, 6) is 1.72. The van der Waals surface area contributed by atoms with Crippen molar-refractivity contribution in [2.45, 2.75) is 117 Å². The number of esters is 2. The summed E-state index contributed by atoms with van der Waals surface area (Å²) in [7, 11) is 0. The average Bonchev–Trinajstić information content (AvgIpc) is 3.27. The SMILES string of the molecule is CCCCCC1CCC(c2ccc(-c3ccc(C(=O)OCCc4ccc(OC(=O)c5ccc(OCCCCCCOCC6(CC)COC6)c(C)c5)c(C=N)c4)cc3)cc2)CC1. The molecule has 61 heavy (non-hydrogen) atoms. The van der Waals surface area contributed by atoms with Gasteiger partial charge in [0.05, 0.1) is 44.2 Å². The van der Waals surface area contributed by atoms with Crippen molar-refractivity contribution in [3.63, 3.8) is 0 Å². The van der Waals surface area contributed by atoms with Gasteiger partial charge in [-0.15, -0.1) is 0 Å². The summed E-state index contributed by atoms with van der Waals surface area (Å²) in [6.45, 7) is 10.4. The lowest BCUT2D eigenvalue weighted by Gasteiger charge is -2.40. The molecule has 1 aliphatic carbocycles. The van der Waals surface area contributed by atoms with Crippen LogP contribution < -0.4 is 9.47 Å². The second-order valence-electron chi connectivity index (χ2n) is 17.3. The van der Waals surface area contributed by atoms with Gasteiger partial charge in [-0.05, 0) is 140 Å². The van der Waals surface area contributed by atoms with Crippen LogP contribution in [0.25, 0.3) is 11.1 Å². The standard InChI is InChI=1S/C53H67NO7/c1-4-6-9-12-40-13-16-42(17-14-40)43-18-20-44(21-19-43)45-22-24-46(25-23-45)51(55)60-32-29-41-15-27-50(48(34-41)35-54)61-52(56)47-26-28-49(39(3)33-47)59-31-11-8-7-10-30-57-36-53(5-2)37-58-38-53/h15,18-28,33-35,40,42,54H,4-14,16-17,29-32,36-38H2,1-3H3. The molecule has 4 aromatic rings. The number of unbranched alkanes of at least 4 members (excludes halogenated alkanes) is 5. The number of rotatable bonds is 24. The Morgan fingerprint density at radius 1 is 0.738 bits per heavy atom. The van der Waals surface area contributed by atoms with Crippen LogP contribution in [0.3, 0.4) is 0 Å². The van der Waals surface area contributed by atoms with Crippen LogP contribution in [0.4, 0.5) is 0 Å². The predicted octanol–water partition coefficient (Wildman–Crippen LogP) is 12.5. The van der Waals surface area contributed by atoms with Gasteiger partial charge < -0.3 is 29.1 Å². The first-order chi connectivity index (χ1) is 29.8. The van der Waals surface area contributed by atoms with E-state index >= 15 is 0 Å². The molecular weight excluding hydrogens is 763 g/mol. The topological polar surface area (TPSA) is 104 Å². The molecule has 0 unspecified atom stereocenters. The Kier molecular flexibility index (Phi) is 17.6. The van der Waals surface area contributed by atoms with Crippen molar-refractivity contribution in [1.29, 1.82) is 5.41 Å². The van der Waals surface area contributed by atoms with Crippen LogP contribution in [0.5, 0.6) is 11.5 Å². The predicted molar refractivity (Wildman–Crippen MR) is 243 cm³/mol. The Balaban J connectivity index is 0.888. The van der Waals surface area contributed by atoms with Gasteiger partial charge in [-0.25, -0.2) is 9.59 Å². The third kappa shape index (κ3) is 13.3. The zero-order valence-corrected chi connectivity index (χ0v) is 36.8. The number of benzene rings is 4. The van der Waals surface area contributed by atoms with E-state index in [0.717, 1.165) is 98.7 Å². The highest BCUT2D eigenvalue weighted by molar-refractivity contribution is 5.93. The second-order valence-corrected chi connectivity index (χ2v) is 17.3. The largest absolute Gasteiger partial charge is 0.493 e.